The first-order chi connectivity index (χ1) is 8.60. The van der Waals surface area contributed by atoms with E-state index in [1.54, 1.807) is 0 Å². The molecule has 0 saturated heterocycles. The van der Waals surface area contributed by atoms with Crippen molar-refractivity contribution in [2.45, 2.75) is 20.5 Å². The number of hydrogen-bond donors (Lipinski definition) is 1. The zero-order chi connectivity index (χ0) is 13.1. The lowest BCUT2D eigenvalue weighted by atomic mass is 10.1. The zero-order valence-electron chi connectivity index (χ0n) is 10.4. The van der Waals surface area contributed by atoms with Crippen LogP contribution in [0, 0.1) is 13.8 Å². The van der Waals surface area contributed by atoms with E-state index >= 15 is 0 Å². The fraction of sp³-hybridized carbons (Fsp3) is 0.200. The highest BCUT2D eigenvalue weighted by atomic mass is 79.9. The van der Waals surface area contributed by atoms with Gasteiger partial charge in [-0.25, -0.2) is 0 Å². The molecule has 1 N–H and O–H groups in total. The molecule has 2 aromatic rings. The normalized spacial score (nSPS) is 10.4. The summed E-state index contributed by atoms with van der Waals surface area (Å²) >= 11 is 3.40. The van der Waals surface area contributed by atoms with E-state index in [4.69, 9.17) is 4.74 Å². The van der Waals surface area contributed by atoms with E-state index in [0.29, 0.717) is 5.75 Å². The Morgan fingerprint density at radius 1 is 1.06 bits per heavy atom. The van der Waals surface area contributed by atoms with Crippen LogP contribution in [0.4, 0.5) is 0 Å². The Hall–Kier alpha value is -1.32. The molecule has 0 aromatic heterocycles. The molecule has 18 heavy (non-hydrogen) atoms. The summed E-state index contributed by atoms with van der Waals surface area (Å²) in [6, 6.07) is 11.6. The van der Waals surface area contributed by atoms with Gasteiger partial charge in [-0.3, -0.25) is 0 Å². The summed E-state index contributed by atoms with van der Waals surface area (Å²) in [5.41, 5.74) is 3.20. The molecule has 2 nitrogen and oxygen atoms in total. The zero-order valence-corrected chi connectivity index (χ0v) is 12.0. The van der Waals surface area contributed by atoms with Gasteiger partial charge in [0.05, 0.1) is 6.61 Å². The summed E-state index contributed by atoms with van der Waals surface area (Å²) in [5, 5.41) is 9.29. The lowest BCUT2D eigenvalue weighted by Gasteiger charge is -2.11. The molecule has 0 heterocycles. The maximum Gasteiger partial charge on any atom is 0.134 e. The van der Waals surface area contributed by atoms with Crippen LogP contribution in [0.3, 0.4) is 0 Å². The highest BCUT2D eigenvalue weighted by Crippen LogP contribution is 2.29. The maximum atomic E-state index is 9.29. The van der Waals surface area contributed by atoms with E-state index < -0.39 is 0 Å². The van der Waals surface area contributed by atoms with Crippen molar-refractivity contribution in [3.8, 4) is 11.5 Å². The minimum Gasteiger partial charge on any atom is -0.457 e. The minimum absolute atomic E-state index is 0.0343. The molecule has 2 rings (SSSR count). The predicted octanol–water partition coefficient (Wildman–Crippen LogP) is 4.35. The van der Waals surface area contributed by atoms with E-state index in [-0.39, 0.29) is 6.61 Å². The van der Waals surface area contributed by atoms with Crippen molar-refractivity contribution in [1.82, 2.24) is 0 Å². The molecule has 0 aliphatic heterocycles. The third-order valence-electron chi connectivity index (χ3n) is 2.91. The standard InChI is InChI=1S/C15H15BrO2/c1-10-3-6-14(7-11(10)2)18-15-8-13(16)5-4-12(15)9-17/h3-8,17H,9H2,1-2H3. The monoisotopic (exact) mass is 306 g/mol. The molecule has 0 amide bonds. The van der Waals surface area contributed by atoms with Crippen molar-refractivity contribution >= 4 is 15.9 Å². The van der Waals surface area contributed by atoms with Crippen molar-refractivity contribution in [1.29, 1.82) is 0 Å². The van der Waals surface area contributed by atoms with Gasteiger partial charge < -0.3 is 9.84 Å². The van der Waals surface area contributed by atoms with Gasteiger partial charge in [0.25, 0.3) is 0 Å². The number of rotatable bonds is 3. The van der Waals surface area contributed by atoms with Crippen LogP contribution in [-0.2, 0) is 6.61 Å². The van der Waals surface area contributed by atoms with Crippen LogP contribution in [0.5, 0.6) is 11.5 Å². The van der Waals surface area contributed by atoms with Crippen LogP contribution in [0.1, 0.15) is 16.7 Å². The summed E-state index contributed by atoms with van der Waals surface area (Å²) in [5.74, 6) is 1.46. The third kappa shape index (κ3) is 2.92. The van der Waals surface area contributed by atoms with Gasteiger partial charge in [0, 0.05) is 10.0 Å². The number of ether oxygens (including phenoxy) is 1. The molecule has 0 radical (unpaired) electrons. The molecule has 0 atom stereocenters. The van der Waals surface area contributed by atoms with Crippen molar-refractivity contribution in [2.24, 2.45) is 0 Å². The Kier molecular flexibility index (Phi) is 4.04. The van der Waals surface area contributed by atoms with Crippen molar-refractivity contribution in [3.05, 3.63) is 57.6 Å². The molecule has 0 unspecified atom stereocenters. The fourth-order valence-corrected chi connectivity index (χ4v) is 2.00. The predicted molar refractivity (Wildman–Crippen MR) is 76.1 cm³/mol. The summed E-state index contributed by atoms with van der Waals surface area (Å²) < 4.78 is 6.76. The van der Waals surface area contributed by atoms with Gasteiger partial charge in [-0.05, 0) is 49.2 Å². The van der Waals surface area contributed by atoms with Crippen LogP contribution in [0.15, 0.2) is 40.9 Å². The molecule has 0 aliphatic carbocycles. The number of aliphatic hydroxyl groups is 1. The van der Waals surface area contributed by atoms with Crippen LogP contribution < -0.4 is 4.74 Å². The van der Waals surface area contributed by atoms with Gasteiger partial charge >= 0.3 is 0 Å². The first-order valence-electron chi connectivity index (χ1n) is 5.74. The van der Waals surface area contributed by atoms with E-state index in [2.05, 4.69) is 29.8 Å². The SMILES string of the molecule is Cc1ccc(Oc2cc(Br)ccc2CO)cc1C. The number of benzene rings is 2. The molecule has 2 aromatic carbocycles. The largest absolute Gasteiger partial charge is 0.457 e. The first-order valence-corrected chi connectivity index (χ1v) is 6.54. The highest BCUT2D eigenvalue weighted by Gasteiger charge is 2.06. The van der Waals surface area contributed by atoms with E-state index in [1.807, 2.05) is 36.4 Å². The molecule has 0 spiro atoms. The van der Waals surface area contributed by atoms with E-state index in [0.717, 1.165) is 15.8 Å². The molecule has 3 heteroatoms. The van der Waals surface area contributed by atoms with E-state index in [1.165, 1.54) is 11.1 Å². The molecule has 94 valence electrons. The van der Waals surface area contributed by atoms with Crippen molar-refractivity contribution in [2.75, 3.05) is 0 Å². The Balaban J connectivity index is 2.33. The molecular formula is C15H15BrO2. The first kappa shape index (κ1) is 13.1. The average molecular weight is 307 g/mol. The number of aliphatic hydroxyl groups excluding tert-OH is 1. The summed E-state index contributed by atoms with van der Waals surface area (Å²) in [6.45, 7) is 4.08. The number of halogens is 1. The quantitative estimate of drug-likeness (QED) is 0.913. The summed E-state index contributed by atoms with van der Waals surface area (Å²) in [4.78, 5) is 0. The van der Waals surface area contributed by atoms with Crippen LogP contribution in [0.2, 0.25) is 0 Å². The second-order valence-corrected chi connectivity index (χ2v) is 5.17. The van der Waals surface area contributed by atoms with Gasteiger partial charge in [0.15, 0.2) is 0 Å². The lowest BCUT2D eigenvalue weighted by molar-refractivity contribution is 0.276. The molecular weight excluding hydrogens is 292 g/mol. The molecule has 0 aliphatic rings. The third-order valence-corrected chi connectivity index (χ3v) is 3.40. The number of hydrogen-bond acceptors (Lipinski definition) is 2. The topological polar surface area (TPSA) is 29.5 Å². The second-order valence-electron chi connectivity index (χ2n) is 4.26. The van der Waals surface area contributed by atoms with Gasteiger partial charge in [-0.15, -0.1) is 0 Å². The molecule has 0 bridgehead atoms. The van der Waals surface area contributed by atoms with Crippen molar-refractivity contribution < 1.29 is 9.84 Å². The van der Waals surface area contributed by atoms with E-state index in [9.17, 15) is 5.11 Å². The number of aryl methyl sites for hydroxylation is 2. The Labute approximate surface area is 115 Å². The van der Waals surface area contributed by atoms with Crippen molar-refractivity contribution in [3.63, 3.8) is 0 Å². The minimum atomic E-state index is -0.0343. The van der Waals surface area contributed by atoms with Gasteiger partial charge in [-0.2, -0.15) is 0 Å². The Morgan fingerprint density at radius 3 is 2.50 bits per heavy atom. The Bertz CT molecular complexity index is 564. The van der Waals surface area contributed by atoms with Gasteiger partial charge in [-0.1, -0.05) is 28.1 Å². The van der Waals surface area contributed by atoms with Crippen LogP contribution in [-0.4, -0.2) is 5.11 Å². The van der Waals surface area contributed by atoms with Crippen LogP contribution >= 0.6 is 15.9 Å². The maximum absolute atomic E-state index is 9.29. The average Bonchev–Trinajstić information content (AvgIpc) is 2.34. The van der Waals surface area contributed by atoms with Gasteiger partial charge in [0.2, 0.25) is 0 Å². The summed E-state index contributed by atoms with van der Waals surface area (Å²) in [6.07, 6.45) is 0. The molecule has 0 fully saturated rings. The fourth-order valence-electron chi connectivity index (χ4n) is 1.66. The van der Waals surface area contributed by atoms with Crippen LogP contribution in [0.25, 0.3) is 0 Å². The smallest absolute Gasteiger partial charge is 0.134 e. The lowest BCUT2D eigenvalue weighted by Crippen LogP contribution is -1.92. The molecule has 0 saturated carbocycles. The Morgan fingerprint density at radius 2 is 1.83 bits per heavy atom. The van der Waals surface area contributed by atoms with Gasteiger partial charge in [0.1, 0.15) is 11.5 Å². The highest BCUT2D eigenvalue weighted by molar-refractivity contribution is 9.10. The second kappa shape index (κ2) is 5.55. The summed E-state index contributed by atoms with van der Waals surface area (Å²) in [7, 11) is 0.